The molecule has 0 aliphatic carbocycles. The number of nitrogens with zero attached hydrogens (tertiary/aromatic N) is 1. The van der Waals surface area contributed by atoms with Crippen LogP contribution >= 0.6 is 0 Å². The van der Waals surface area contributed by atoms with Crippen molar-refractivity contribution in [1.29, 1.82) is 0 Å². The Labute approximate surface area is 117 Å². The molecule has 1 N–H and O–H groups in total. The van der Waals surface area contributed by atoms with Crippen LogP contribution in [0.3, 0.4) is 0 Å². The summed E-state index contributed by atoms with van der Waals surface area (Å²) < 4.78 is 0. The predicted octanol–water partition coefficient (Wildman–Crippen LogP) is 2.86. The molecule has 2 nitrogen and oxygen atoms in total. The van der Waals surface area contributed by atoms with Gasteiger partial charge < -0.3 is 5.32 Å². The zero-order chi connectivity index (χ0) is 13.7. The minimum absolute atomic E-state index is 0.463. The van der Waals surface area contributed by atoms with Gasteiger partial charge in [0.1, 0.15) is 0 Å². The molecule has 0 bridgehead atoms. The highest BCUT2D eigenvalue weighted by Crippen LogP contribution is 2.17. The zero-order valence-electron chi connectivity index (χ0n) is 12.2. The first kappa shape index (κ1) is 14.3. The van der Waals surface area contributed by atoms with Gasteiger partial charge in [0.05, 0.1) is 0 Å². The lowest BCUT2D eigenvalue weighted by Crippen LogP contribution is -2.59. The van der Waals surface area contributed by atoms with Crippen molar-refractivity contribution >= 4 is 0 Å². The van der Waals surface area contributed by atoms with Crippen LogP contribution in [0, 0.1) is 0 Å². The number of piperazine rings is 1. The second kappa shape index (κ2) is 6.88. The summed E-state index contributed by atoms with van der Waals surface area (Å²) in [5.74, 6) is 0. The van der Waals surface area contributed by atoms with Crippen LogP contribution in [0.15, 0.2) is 43.0 Å². The van der Waals surface area contributed by atoms with Crippen LogP contribution < -0.4 is 5.32 Å². The fraction of sp³-hybridized carbons (Fsp3) is 0.529. The third-order valence-electron chi connectivity index (χ3n) is 4.20. The Morgan fingerprint density at radius 1 is 1.42 bits per heavy atom. The predicted molar refractivity (Wildman–Crippen MR) is 82.4 cm³/mol. The highest BCUT2D eigenvalue weighted by atomic mass is 15.2. The maximum Gasteiger partial charge on any atom is 0.0251 e. The van der Waals surface area contributed by atoms with Gasteiger partial charge in [0.15, 0.2) is 0 Å². The van der Waals surface area contributed by atoms with E-state index in [9.17, 15) is 0 Å². The van der Waals surface area contributed by atoms with E-state index < -0.39 is 0 Å². The molecule has 3 unspecified atom stereocenters. The standard InChI is InChI=1S/C17H26N2/c1-4-14(3)19-13-16(18-12-17(19)5-2)11-15-9-7-6-8-10-15/h4,6-10,14,16-18H,1,5,11-13H2,2-3H3. The monoisotopic (exact) mass is 258 g/mol. The van der Waals surface area contributed by atoms with Crippen LogP contribution in [-0.2, 0) is 6.42 Å². The molecular weight excluding hydrogens is 232 g/mol. The number of benzene rings is 1. The maximum atomic E-state index is 3.95. The summed E-state index contributed by atoms with van der Waals surface area (Å²) in [4.78, 5) is 2.59. The second-order valence-electron chi connectivity index (χ2n) is 5.53. The Morgan fingerprint density at radius 2 is 2.16 bits per heavy atom. The number of rotatable bonds is 5. The van der Waals surface area contributed by atoms with Crippen LogP contribution in [0.4, 0.5) is 0 Å². The maximum absolute atomic E-state index is 3.95. The van der Waals surface area contributed by atoms with Gasteiger partial charge in [-0.25, -0.2) is 0 Å². The van der Waals surface area contributed by atoms with Crippen LogP contribution in [-0.4, -0.2) is 36.1 Å². The van der Waals surface area contributed by atoms with E-state index in [1.165, 1.54) is 12.0 Å². The molecular formula is C17H26N2. The van der Waals surface area contributed by atoms with E-state index >= 15 is 0 Å². The lowest BCUT2D eigenvalue weighted by Gasteiger charge is -2.42. The van der Waals surface area contributed by atoms with Crippen molar-refractivity contribution in [3.05, 3.63) is 48.6 Å². The molecule has 3 atom stereocenters. The molecule has 1 saturated heterocycles. The molecule has 1 aliphatic heterocycles. The fourth-order valence-corrected chi connectivity index (χ4v) is 2.94. The van der Waals surface area contributed by atoms with E-state index in [0.717, 1.165) is 19.5 Å². The van der Waals surface area contributed by atoms with Gasteiger partial charge in [-0.3, -0.25) is 4.90 Å². The normalized spacial score (nSPS) is 26.0. The number of hydrogen-bond donors (Lipinski definition) is 1. The van der Waals surface area contributed by atoms with Gasteiger partial charge in [0.2, 0.25) is 0 Å². The minimum atomic E-state index is 0.463. The van der Waals surface area contributed by atoms with Crippen LogP contribution in [0.2, 0.25) is 0 Å². The smallest absolute Gasteiger partial charge is 0.0251 e. The van der Waals surface area contributed by atoms with Crippen molar-refractivity contribution < 1.29 is 0 Å². The molecule has 0 aromatic heterocycles. The van der Waals surface area contributed by atoms with Gasteiger partial charge in [-0.05, 0) is 25.3 Å². The molecule has 0 radical (unpaired) electrons. The Balaban J connectivity index is 1.99. The summed E-state index contributed by atoms with van der Waals surface area (Å²) in [6, 6.07) is 12.4. The van der Waals surface area contributed by atoms with E-state index in [2.05, 4.69) is 67.1 Å². The van der Waals surface area contributed by atoms with E-state index in [-0.39, 0.29) is 0 Å². The Morgan fingerprint density at radius 3 is 2.79 bits per heavy atom. The third kappa shape index (κ3) is 3.68. The van der Waals surface area contributed by atoms with E-state index in [4.69, 9.17) is 0 Å². The zero-order valence-corrected chi connectivity index (χ0v) is 12.2. The lowest BCUT2D eigenvalue weighted by atomic mass is 9.99. The summed E-state index contributed by atoms with van der Waals surface area (Å²) in [7, 11) is 0. The molecule has 0 saturated carbocycles. The Bertz CT molecular complexity index is 388. The van der Waals surface area contributed by atoms with Gasteiger partial charge >= 0.3 is 0 Å². The summed E-state index contributed by atoms with van der Waals surface area (Å²) in [6.07, 6.45) is 4.37. The first-order chi connectivity index (χ1) is 9.24. The Hall–Kier alpha value is -1.12. The van der Waals surface area contributed by atoms with Gasteiger partial charge in [0.25, 0.3) is 0 Å². The number of hydrogen-bond acceptors (Lipinski definition) is 2. The SMILES string of the molecule is C=CC(C)N1CC(Cc2ccccc2)NCC1CC. The summed E-state index contributed by atoms with van der Waals surface area (Å²) in [5.41, 5.74) is 1.42. The van der Waals surface area contributed by atoms with Crippen LogP contribution in [0.25, 0.3) is 0 Å². The van der Waals surface area contributed by atoms with Crippen molar-refractivity contribution in [3.8, 4) is 0 Å². The molecule has 1 aromatic carbocycles. The van der Waals surface area contributed by atoms with E-state index in [0.29, 0.717) is 18.1 Å². The topological polar surface area (TPSA) is 15.3 Å². The van der Waals surface area contributed by atoms with Gasteiger partial charge in [-0.2, -0.15) is 0 Å². The largest absolute Gasteiger partial charge is 0.311 e. The second-order valence-corrected chi connectivity index (χ2v) is 5.53. The van der Waals surface area contributed by atoms with Crippen molar-refractivity contribution in [2.45, 2.75) is 44.8 Å². The highest BCUT2D eigenvalue weighted by Gasteiger charge is 2.28. The van der Waals surface area contributed by atoms with Crippen molar-refractivity contribution in [1.82, 2.24) is 10.2 Å². The van der Waals surface area contributed by atoms with Crippen molar-refractivity contribution in [2.24, 2.45) is 0 Å². The molecule has 1 aromatic rings. The average molecular weight is 258 g/mol. The molecule has 1 fully saturated rings. The highest BCUT2D eigenvalue weighted by molar-refractivity contribution is 5.16. The summed E-state index contributed by atoms with van der Waals surface area (Å²) in [5, 5.41) is 3.70. The first-order valence-corrected chi connectivity index (χ1v) is 7.40. The number of nitrogens with one attached hydrogen (secondary N) is 1. The van der Waals surface area contributed by atoms with Gasteiger partial charge in [-0.15, -0.1) is 6.58 Å². The molecule has 19 heavy (non-hydrogen) atoms. The molecule has 0 spiro atoms. The fourth-order valence-electron chi connectivity index (χ4n) is 2.94. The summed E-state index contributed by atoms with van der Waals surface area (Å²) >= 11 is 0. The van der Waals surface area contributed by atoms with E-state index in [1.807, 2.05) is 0 Å². The van der Waals surface area contributed by atoms with E-state index in [1.54, 1.807) is 0 Å². The molecule has 104 valence electrons. The first-order valence-electron chi connectivity index (χ1n) is 7.40. The summed E-state index contributed by atoms with van der Waals surface area (Å²) in [6.45, 7) is 10.7. The molecule has 2 rings (SSSR count). The average Bonchev–Trinajstić information content (AvgIpc) is 2.47. The van der Waals surface area contributed by atoms with Crippen LogP contribution in [0.1, 0.15) is 25.8 Å². The molecule has 1 aliphatic rings. The lowest BCUT2D eigenvalue weighted by molar-refractivity contribution is 0.105. The van der Waals surface area contributed by atoms with Gasteiger partial charge in [-0.1, -0.05) is 43.3 Å². The molecule has 0 amide bonds. The van der Waals surface area contributed by atoms with Gasteiger partial charge in [0, 0.05) is 31.2 Å². The quantitative estimate of drug-likeness (QED) is 0.817. The van der Waals surface area contributed by atoms with Crippen molar-refractivity contribution in [2.75, 3.05) is 13.1 Å². The molecule has 2 heteroatoms. The van der Waals surface area contributed by atoms with Crippen LogP contribution in [0.5, 0.6) is 0 Å². The Kier molecular flexibility index (Phi) is 5.17. The molecule has 1 heterocycles. The van der Waals surface area contributed by atoms with Crippen molar-refractivity contribution in [3.63, 3.8) is 0 Å². The minimum Gasteiger partial charge on any atom is -0.311 e. The third-order valence-corrected chi connectivity index (χ3v) is 4.20.